The zero-order valence-electron chi connectivity index (χ0n) is 12.7. The number of nitrogens with zero attached hydrogens (tertiary/aromatic N) is 3. The second-order valence-electron chi connectivity index (χ2n) is 5.39. The maximum absolute atomic E-state index is 11.3. The highest BCUT2D eigenvalue weighted by Crippen LogP contribution is 2.38. The summed E-state index contributed by atoms with van der Waals surface area (Å²) in [5, 5.41) is 7.74. The summed E-state index contributed by atoms with van der Waals surface area (Å²) in [4.78, 5) is 33.6. The summed E-state index contributed by atoms with van der Waals surface area (Å²) in [5.74, 6) is -1.40. The van der Waals surface area contributed by atoms with Gasteiger partial charge in [0.25, 0.3) is 5.91 Å². The average Bonchev–Trinajstić information content (AvgIpc) is 2.99. The van der Waals surface area contributed by atoms with Crippen molar-refractivity contribution in [3.8, 4) is 0 Å². The van der Waals surface area contributed by atoms with Crippen LogP contribution in [0.15, 0.2) is 0 Å². The first-order valence-electron chi connectivity index (χ1n) is 7.00. The lowest BCUT2D eigenvalue weighted by Crippen LogP contribution is -2.26. The lowest BCUT2D eigenvalue weighted by Gasteiger charge is -2.19. The minimum atomic E-state index is -0.667. The number of ether oxygens (including phenoxy) is 2. The quantitative estimate of drug-likeness (QED) is 0.524. The summed E-state index contributed by atoms with van der Waals surface area (Å²) in [6, 6.07) is -0.285. The smallest absolute Gasteiger partial charge is 0.302 e. The Morgan fingerprint density at radius 3 is 2.52 bits per heavy atom. The van der Waals surface area contributed by atoms with Gasteiger partial charge in [-0.25, -0.2) is 4.68 Å². The van der Waals surface area contributed by atoms with Gasteiger partial charge in [-0.05, 0) is 41.4 Å². The Kier molecular flexibility index (Phi) is 5.55. The molecule has 1 amide bonds. The molecule has 0 bridgehead atoms. The van der Waals surface area contributed by atoms with Crippen LogP contribution in [0.1, 0.15) is 43.2 Å². The van der Waals surface area contributed by atoms with Gasteiger partial charge in [0.05, 0.1) is 12.6 Å². The highest BCUT2D eigenvalue weighted by Gasteiger charge is 2.40. The van der Waals surface area contributed by atoms with Gasteiger partial charge in [-0.3, -0.25) is 14.4 Å². The molecule has 1 heterocycles. The molecule has 10 heteroatoms. The molecule has 23 heavy (non-hydrogen) atoms. The van der Waals surface area contributed by atoms with E-state index in [-0.39, 0.29) is 30.2 Å². The van der Waals surface area contributed by atoms with Gasteiger partial charge in [-0.1, -0.05) is 5.21 Å². The number of carbonyl (C=O) groups excluding carboxylic acids is 3. The molecular formula is C13H17IN4O5. The van der Waals surface area contributed by atoms with Crippen LogP contribution in [0.25, 0.3) is 0 Å². The highest BCUT2D eigenvalue weighted by molar-refractivity contribution is 14.1. The molecule has 2 rings (SSSR count). The topological polar surface area (TPSA) is 126 Å². The largest absolute Gasteiger partial charge is 0.466 e. The molecule has 1 saturated carbocycles. The molecule has 0 unspecified atom stereocenters. The zero-order valence-corrected chi connectivity index (χ0v) is 14.8. The minimum absolute atomic E-state index is 0.0327. The maximum Gasteiger partial charge on any atom is 0.302 e. The van der Waals surface area contributed by atoms with Crippen molar-refractivity contribution in [3.05, 3.63) is 9.39 Å². The van der Waals surface area contributed by atoms with Crippen LogP contribution >= 0.6 is 22.6 Å². The van der Waals surface area contributed by atoms with Gasteiger partial charge < -0.3 is 15.2 Å². The van der Waals surface area contributed by atoms with Crippen LogP contribution in [0.2, 0.25) is 0 Å². The molecule has 1 fully saturated rings. The third-order valence-corrected chi connectivity index (χ3v) is 4.60. The summed E-state index contributed by atoms with van der Waals surface area (Å²) >= 11 is 1.94. The van der Waals surface area contributed by atoms with Crippen LogP contribution in [0, 0.1) is 9.62 Å². The number of primary amides is 1. The Bertz CT molecular complexity index is 632. The average molecular weight is 436 g/mol. The van der Waals surface area contributed by atoms with E-state index in [0.29, 0.717) is 16.5 Å². The summed E-state index contributed by atoms with van der Waals surface area (Å²) in [6.45, 7) is 2.92. The van der Waals surface area contributed by atoms with Crippen molar-refractivity contribution >= 4 is 40.4 Å². The van der Waals surface area contributed by atoms with Crippen LogP contribution in [0.5, 0.6) is 0 Å². The van der Waals surface area contributed by atoms with Gasteiger partial charge in [0.15, 0.2) is 5.69 Å². The second kappa shape index (κ2) is 7.23. The molecule has 0 saturated heterocycles. The highest BCUT2D eigenvalue weighted by atomic mass is 127. The van der Waals surface area contributed by atoms with E-state index in [1.165, 1.54) is 13.8 Å². The molecule has 0 spiro atoms. The van der Waals surface area contributed by atoms with Crippen LogP contribution < -0.4 is 5.73 Å². The first kappa shape index (κ1) is 17.6. The summed E-state index contributed by atoms with van der Waals surface area (Å²) in [5.41, 5.74) is 5.33. The fraction of sp³-hybridized carbons (Fsp3) is 0.615. The van der Waals surface area contributed by atoms with Crippen molar-refractivity contribution in [3.63, 3.8) is 0 Å². The SMILES string of the molecule is CC(=O)OC[C@@H]1C[C@H](OC(C)=O)[C@H](n2nnc(C(N)=O)c2I)C1. The van der Waals surface area contributed by atoms with E-state index in [4.69, 9.17) is 15.2 Å². The Morgan fingerprint density at radius 1 is 1.30 bits per heavy atom. The van der Waals surface area contributed by atoms with E-state index in [2.05, 4.69) is 10.3 Å². The summed E-state index contributed by atoms with van der Waals surface area (Å²) < 4.78 is 12.4. The van der Waals surface area contributed by atoms with E-state index in [0.717, 1.165) is 0 Å². The van der Waals surface area contributed by atoms with E-state index < -0.39 is 18.0 Å². The Balaban J connectivity index is 2.20. The minimum Gasteiger partial charge on any atom is -0.466 e. The lowest BCUT2D eigenvalue weighted by atomic mass is 10.1. The van der Waals surface area contributed by atoms with E-state index in [1.807, 2.05) is 22.6 Å². The van der Waals surface area contributed by atoms with Crippen LogP contribution in [0.4, 0.5) is 0 Å². The van der Waals surface area contributed by atoms with Gasteiger partial charge in [0.2, 0.25) is 0 Å². The maximum atomic E-state index is 11.3. The zero-order chi connectivity index (χ0) is 17.1. The van der Waals surface area contributed by atoms with Crippen LogP contribution in [-0.4, -0.2) is 45.6 Å². The third-order valence-electron chi connectivity index (χ3n) is 3.59. The molecule has 3 atom stereocenters. The lowest BCUT2D eigenvalue weighted by molar-refractivity contribution is -0.148. The van der Waals surface area contributed by atoms with Crippen LogP contribution in [-0.2, 0) is 19.1 Å². The molecule has 1 aliphatic rings. The van der Waals surface area contributed by atoms with Crippen molar-refractivity contribution in [1.29, 1.82) is 0 Å². The monoisotopic (exact) mass is 436 g/mol. The number of hydrogen-bond donors (Lipinski definition) is 1. The number of hydrogen-bond acceptors (Lipinski definition) is 7. The predicted molar refractivity (Wildman–Crippen MR) is 85.2 cm³/mol. The number of nitrogens with two attached hydrogens (primary N) is 1. The van der Waals surface area contributed by atoms with E-state index >= 15 is 0 Å². The first-order valence-corrected chi connectivity index (χ1v) is 8.08. The molecule has 1 aromatic rings. The van der Waals surface area contributed by atoms with Crippen molar-refractivity contribution in [2.24, 2.45) is 11.7 Å². The number of esters is 2. The van der Waals surface area contributed by atoms with Crippen LogP contribution in [0.3, 0.4) is 0 Å². The van der Waals surface area contributed by atoms with E-state index in [9.17, 15) is 14.4 Å². The number of rotatable bonds is 5. The van der Waals surface area contributed by atoms with Crippen molar-refractivity contribution in [1.82, 2.24) is 15.0 Å². The molecule has 2 N–H and O–H groups in total. The van der Waals surface area contributed by atoms with Gasteiger partial charge in [-0.2, -0.15) is 0 Å². The van der Waals surface area contributed by atoms with Gasteiger partial charge in [-0.15, -0.1) is 5.10 Å². The third kappa shape index (κ3) is 4.18. The van der Waals surface area contributed by atoms with Gasteiger partial charge >= 0.3 is 11.9 Å². The molecule has 0 aromatic carbocycles. The predicted octanol–water partition coefficient (Wildman–Crippen LogP) is 0.427. The molecule has 126 valence electrons. The molecule has 9 nitrogen and oxygen atoms in total. The van der Waals surface area contributed by atoms with Crippen molar-refractivity contribution < 1.29 is 23.9 Å². The summed E-state index contributed by atoms with van der Waals surface area (Å²) in [7, 11) is 0. The van der Waals surface area contributed by atoms with Crippen molar-refractivity contribution in [2.45, 2.75) is 38.8 Å². The van der Waals surface area contributed by atoms with Gasteiger partial charge in [0.1, 0.15) is 9.80 Å². The molecule has 0 aliphatic heterocycles. The Labute approximate surface area is 146 Å². The fourth-order valence-electron chi connectivity index (χ4n) is 2.69. The normalized spacial score (nSPS) is 23.5. The number of halogens is 1. The molecular weight excluding hydrogens is 419 g/mol. The fourth-order valence-corrected chi connectivity index (χ4v) is 3.52. The van der Waals surface area contributed by atoms with Crippen molar-refractivity contribution in [2.75, 3.05) is 6.61 Å². The Morgan fingerprint density at radius 2 is 2.00 bits per heavy atom. The number of aromatic nitrogens is 3. The number of carbonyl (C=O) groups is 3. The Hall–Kier alpha value is -1.72. The molecule has 1 aliphatic carbocycles. The first-order chi connectivity index (χ1) is 10.8. The standard InChI is InChI=1S/C13H17IN4O5/c1-6(19)22-5-8-3-9(10(4-8)23-7(2)20)18-12(14)11(13(15)21)16-17-18/h8-10H,3-5H2,1-2H3,(H2,15,21)/t8-,9+,10-/m0/s1. The van der Waals surface area contributed by atoms with Gasteiger partial charge in [0, 0.05) is 13.8 Å². The summed E-state index contributed by atoms with van der Waals surface area (Å²) in [6.07, 6.45) is 0.700. The number of amides is 1. The molecule has 1 aromatic heterocycles. The second-order valence-corrected chi connectivity index (χ2v) is 6.41. The van der Waals surface area contributed by atoms with E-state index in [1.54, 1.807) is 4.68 Å². The molecule has 0 radical (unpaired) electrons.